The lowest BCUT2D eigenvalue weighted by molar-refractivity contribution is -0.125. The van der Waals surface area contributed by atoms with E-state index in [4.69, 9.17) is 4.74 Å². The highest BCUT2D eigenvalue weighted by molar-refractivity contribution is 5.80. The summed E-state index contributed by atoms with van der Waals surface area (Å²) in [6, 6.07) is 4.62. The number of aryl methyl sites for hydroxylation is 1. The summed E-state index contributed by atoms with van der Waals surface area (Å²) in [5.74, 6) is -0.110. The van der Waals surface area contributed by atoms with Crippen LogP contribution in [-0.4, -0.2) is 35.9 Å². The number of benzene rings is 1. The highest BCUT2D eigenvalue weighted by Gasteiger charge is 2.34. The van der Waals surface area contributed by atoms with Crippen molar-refractivity contribution in [2.24, 2.45) is 13.0 Å². The van der Waals surface area contributed by atoms with E-state index in [2.05, 4.69) is 15.7 Å². The second kappa shape index (κ2) is 7.00. The molecule has 3 rings (SSSR count). The number of nitrogens with zero attached hydrogens (tertiary/aromatic N) is 2. The lowest BCUT2D eigenvalue weighted by Gasteiger charge is -2.17. The van der Waals surface area contributed by atoms with E-state index < -0.39 is 0 Å². The maximum atomic E-state index is 14.0. The van der Waals surface area contributed by atoms with Crippen LogP contribution in [0.2, 0.25) is 0 Å². The van der Waals surface area contributed by atoms with Gasteiger partial charge in [-0.05, 0) is 11.6 Å². The molecule has 0 bridgehead atoms. The summed E-state index contributed by atoms with van der Waals surface area (Å²) in [7, 11) is 3.34. The summed E-state index contributed by atoms with van der Waals surface area (Å²) in [5.41, 5.74) is 1.48. The van der Waals surface area contributed by atoms with Crippen molar-refractivity contribution in [3.05, 3.63) is 47.5 Å². The molecule has 7 heteroatoms. The fraction of sp³-hybridized carbons (Fsp3) is 0.412. The van der Waals surface area contributed by atoms with Crippen LogP contribution in [0.15, 0.2) is 30.6 Å². The Morgan fingerprint density at radius 1 is 1.50 bits per heavy atom. The van der Waals surface area contributed by atoms with E-state index in [0.717, 1.165) is 12.1 Å². The smallest absolute Gasteiger partial charge is 0.225 e. The third-order valence-corrected chi connectivity index (χ3v) is 4.42. The van der Waals surface area contributed by atoms with Crippen molar-refractivity contribution >= 4 is 5.91 Å². The van der Waals surface area contributed by atoms with E-state index in [1.54, 1.807) is 23.0 Å². The molecule has 0 saturated carbocycles. The Morgan fingerprint density at radius 2 is 2.33 bits per heavy atom. The maximum absolute atomic E-state index is 14.0. The van der Waals surface area contributed by atoms with Crippen LogP contribution in [0.3, 0.4) is 0 Å². The quantitative estimate of drug-likeness (QED) is 0.863. The van der Waals surface area contributed by atoms with Crippen LogP contribution in [-0.2, 0) is 18.4 Å². The largest absolute Gasteiger partial charge is 0.497 e. The molecule has 0 spiro atoms. The van der Waals surface area contributed by atoms with Crippen molar-refractivity contribution in [3.63, 3.8) is 0 Å². The van der Waals surface area contributed by atoms with Crippen molar-refractivity contribution in [1.82, 2.24) is 20.4 Å². The number of hydrogen-bond donors (Lipinski definition) is 2. The normalized spacial score (nSPS) is 20.1. The molecule has 1 aliphatic rings. The van der Waals surface area contributed by atoms with E-state index in [1.807, 2.05) is 13.2 Å². The monoisotopic (exact) mass is 332 g/mol. The van der Waals surface area contributed by atoms with Crippen LogP contribution in [0.4, 0.5) is 4.39 Å². The molecular weight excluding hydrogens is 311 g/mol. The van der Waals surface area contributed by atoms with Gasteiger partial charge in [0, 0.05) is 50.4 Å². The van der Waals surface area contributed by atoms with E-state index in [9.17, 15) is 9.18 Å². The number of methoxy groups -OCH3 is 1. The molecule has 2 aromatic rings. The summed E-state index contributed by atoms with van der Waals surface area (Å²) >= 11 is 0. The topological polar surface area (TPSA) is 68.2 Å². The molecule has 1 saturated heterocycles. The molecule has 2 atom stereocenters. The number of aromatic nitrogens is 2. The SMILES string of the molecule is COc1ccc(CNC(=O)[C@H]2CNC[C@@H]2c2cnn(C)c2)c(F)c1. The van der Waals surface area contributed by atoms with Crippen LogP contribution in [0, 0.1) is 11.7 Å². The van der Waals surface area contributed by atoms with Crippen LogP contribution < -0.4 is 15.4 Å². The van der Waals surface area contributed by atoms with Crippen molar-refractivity contribution in [2.45, 2.75) is 12.5 Å². The highest BCUT2D eigenvalue weighted by atomic mass is 19.1. The Morgan fingerprint density at radius 3 is 3.00 bits per heavy atom. The number of hydrogen-bond acceptors (Lipinski definition) is 4. The zero-order valence-electron chi connectivity index (χ0n) is 13.8. The first kappa shape index (κ1) is 16.4. The summed E-state index contributed by atoms with van der Waals surface area (Å²) in [4.78, 5) is 12.5. The molecule has 1 amide bonds. The lowest BCUT2D eigenvalue weighted by atomic mass is 9.90. The Balaban J connectivity index is 1.64. The van der Waals surface area contributed by atoms with Gasteiger partial charge in [0.25, 0.3) is 0 Å². The standard InChI is InChI=1S/C17H21FN4O2/c1-22-10-12(7-21-22)14-8-19-9-15(14)17(23)20-6-11-3-4-13(24-2)5-16(11)18/h3-5,7,10,14-15,19H,6,8-9H2,1-2H3,(H,20,23)/t14-,15+/m1/s1. The van der Waals surface area contributed by atoms with E-state index in [0.29, 0.717) is 17.9 Å². The first-order chi connectivity index (χ1) is 11.6. The molecular formula is C17H21FN4O2. The Kier molecular flexibility index (Phi) is 4.80. The third kappa shape index (κ3) is 3.41. The van der Waals surface area contributed by atoms with Gasteiger partial charge in [-0.3, -0.25) is 9.48 Å². The van der Waals surface area contributed by atoms with Gasteiger partial charge < -0.3 is 15.4 Å². The number of amides is 1. The average molecular weight is 332 g/mol. The van der Waals surface area contributed by atoms with Gasteiger partial charge in [-0.25, -0.2) is 4.39 Å². The molecule has 2 heterocycles. The number of ether oxygens (including phenoxy) is 1. The molecule has 1 aliphatic heterocycles. The lowest BCUT2D eigenvalue weighted by Crippen LogP contribution is -2.34. The van der Waals surface area contributed by atoms with Gasteiger partial charge in [0.2, 0.25) is 5.91 Å². The molecule has 2 N–H and O–H groups in total. The first-order valence-electron chi connectivity index (χ1n) is 7.88. The predicted octanol–water partition coefficient (Wildman–Crippen LogP) is 1.19. The van der Waals surface area contributed by atoms with Crippen molar-refractivity contribution in [3.8, 4) is 5.75 Å². The first-order valence-corrected chi connectivity index (χ1v) is 7.88. The zero-order chi connectivity index (χ0) is 17.1. The molecule has 128 valence electrons. The molecule has 0 radical (unpaired) electrons. The van der Waals surface area contributed by atoms with Crippen molar-refractivity contribution in [2.75, 3.05) is 20.2 Å². The second-order valence-corrected chi connectivity index (χ2v) is 5.99. The Hall–Kier alpha value is -2.41. The van der Waals surface area contributed by atoms with Gasteiger partial charge in [0.1, 0.15) is 11.6 Å². The van der Waals surface area contributed by atoms with Gasteiger partial charge in [-0.2, -0.15) is 5.10 Å². The number of carbonyl (C=O) groups is 1. The minimum atomic E-state index is -0.386. The summed E-state index contributed by atoms with van der Waals surface area (Å²) in [6.07, 6.45) is 3.72. The number of rotatable bonds is 5. The molecule has 1 fully saturated rings. The van der Waals surface area contributed by atoms with Crippen LogP contribution in [0.25, 0.3) is 0 Å². The highest BCUT2D eigenvalue weighted by Crippen LogP contribution is 2.28. The summed E-state index contributed by atoms with van der Waals surface area (Å²) in [5, 5.41) is 10.3. The number of carbonyl (C=O) groups excluding carboxylic acids is 1. The maximum Gasteiger partial charge on any atom is 0.225 e. The van der Waals surface area contributed by atoms with Gasteiger partial charge in [-0.15, -0.1) is 0 Å². The van der Waals surface area contributed by atoms with E-state index in [-0.39, 0.29) is 30.1 Å². The van der Waals surface area contributed by atoms with Crippen molar-refractivity contribution in [1.29, 1.82) is 0 Å². The molecule has 6 nitrogen and oxygen atoms in total. The van der Waals surface area contributed by atoms with E-state index >= 15 is 0 Å². The number of nitrogens with one attached hydrogen (secondary N) is 2. The Labute approximate surface area is 140 Å². The summed E-state index contributed by atoms with van der Waals surface area (Å²) < 4.78 is 20.7. The molecule has 1 aromatic carbocycles. The fourth-order valence-corrected chi connectivity index (χ4v) is 3.05. The van der Waals surface area contributed by atoms with Gasteiger partial charge >= 0.3 is 0 Å². The van der Waals surface area contributed by atoms with Crippen molar-refractivity contribution < 1.29 is 13.9 Å². The average Bonchev–Trinajstić information content (AvgIpc) is 3.21. The molecule has 0 aliphatic carbocycles. The minimum Gasteiger partial charge on any atom is -0.497 e. The predicted molar refractivity (Wildman–Crippen MR) is 87.1 cm³/mol. The third-order valence-electron chi connectivity index (χ3n) is 4.42. The van der Waals surface area contributed by atoms with Crippen LogP contribution in [0.5, 0.6) is 5.75 Å². The molecule has 24 heavy (non-hydrogen) atoms. The second-order valence-electron chi connectivity index (χ2n) is 5.99. The summed E-state index contributed by atoms with van der Waals surface area (Å²) in [6.45, 7) is 1.50. The van der Waals surface area contributed by atoms with Crippen LogP contribution >= 0.6 is 0 Å². The fourth-order valence-electron chi connectivity index (χ4n) is 3.05. The minimum absolute atomic E-state index is 0.0796. The van der Waals surface area contributed by atoms with Crippen LogP contribution in [0.1, 0.15) is 17.0 Å². The molecule has 1 aromatic heterocycles. The molecule has 0 unspecified atom stereocenters. The van der Waals surface area contributed by atoms with Gasteiger partial charge in [0.15, 0.2) is 0 Å². The van der Waals surface area contributed by atoms with E-state index in [1.165, 1.54) is 13.2 Å². The zero-order valence-corrected chi connectivity index (χ0v) is 13.8. The van der Waals surface area contributed by atoms with Gasteiger partial charge in [-0.1, -0.05) is 6.07 Å². The Bertz CT molecular complexity index is 731. The van der Waals surface area contributed by atoms with Gasteiger partial charge in [0.05, 0.1) is 19.2 Å². The number of halogens is 1.